The van der Waals surface area contributed by atoms with Crippen LogP contribution in [0.3, 0.4) is 0 Å². The number of halogens is 1. The predicted molar refractivity (Wildman–Crippen MR) is 87.6 cm³/mol. The lowest BCUT2D eigenvalue weighted by Crippen LogP contribution is -2.22. The molecule has 2 N–H and O–H groups in total. The Morgan fingerprint density at radius 1 is 1.05 bits per heavy atom. The lowest BCUT2D eigenvalue weighted by Gasteiger charge is -2.21. The first-order valence-corrected chi connectivity index (χ1v) is 7.98. The van der Waals surface area contributed by atoms with Gasteiger partial charge in [-0.25, -0.2) is 0 Å². The zero-order valence-corrected chi connectivity index (χ0v) is 13.5. The minimum atomic E-state index is 0.103. The molecule has 0 bridgehead atoms. The molecule has 1 nitrogen and oxygen atoms in total. The summed E-state index contributed by atoms with van der Waals surface area (Å²) in [7, 11) is 0. The highest BCUT2D eigenvalue weighted by Crippen LogP contribution is 2.38. The number of hydrogen-bond donors (Lipinski definition) is 1. The number of thioether (sulfide) groups is 1. The molecular weight excluding hydrogens is 318 g/mol. The van der Waals surface area contributed by atoms with Crippen LogP contribution in [0.5, 0.6) is 0 Å². The van der Waals surface area contributed by atoms with Crippen LogP contribution >= 0.6 is 27.7 Å². The number of benzene rings is 2. The molecule has 2 aromatic rings. The molecular formula is C16H18BrNS. The van der Waals surface area contributed by atoms with Gasteiger partial charge in [0.1, 0.15) is 0 Å². The summed E-state index contributed by atoms with van der Waals surface area (Å²) in [4.78, 5) is 1.30. The van der Waals surface area contributed by atoms with Crippen LogP contribution in [0.4, 0.5) is 0 Å². The van der Waals surface area contributed by atoms with E-state index in [-0.39, 0.29) is 11.3 Å². The van der Waals surface area contributed by atoms with E-state index in [1.54, 1.807) is 0 Å². The third kappa shape index (κ3) is 3.85. The van der Waals surface area contributed by atoms with Crippen molar-refractivity contribution < 1.29 is 0 Å². The molecule has 0 heterocycles. The second kappa shape index (κ2) is 6.60. The minimum Gasteiger partial charge on any atom is -0.327 e. The van der Waals surface area contributed by atoms with Gasteiger partial charge in [0.25, 0.3) is 0 Å². The van der Waals surface area contributed by atoms with Gasteiger partial charge < -0.3 is 5.73 Å². The third-order valence-corrected chi connectivity index (χ3v) is 5.22. The van der Waals surface area contributed by atoms with Gasteiger partial charge in [-0.05, 0) is 43.2 Å². The average Bonchev–Trinajstić information content (AvgIpc) is 2.39. The van der Waals surface area contributed by atoms with Gasteiger partial charge in [-0.1, -0.05) is 46.3 Å². The second-order valence-corrected chi connectivity index (χ2v) is 6.81. The summed E-state index contributed by atoms with van der Waals surface area (Å²) >= 11 is 5.31. The van der Waals surface area contributed by atoms with Crippen molar-refractivity contribution in [2.24, 2.45) is 5.73 Å². The monoisotopic (exact) mass is 335 g/mol. The van der Waals surface area contributed by atoms with Crippen molar-refractivity contribution in [2.75, 3.05) is 0 Å². The van der Waals surface area contributed by atoms with E-state index < -0.39 is 0 Å². The maximum absolute atomic E-state index is 6.17. The standard InChI is InChI=1S/C16H18BrNS/c1-11-5-3-4-6-15(11)19-16(12(2)18)13-7-9-14(17)10-8-13/h3-10,12,16H,18H2,1-2H3. The van der Waals surface area contributed by atoms with Gasteiger partial charge in [0.2, 0.25) is 0 Å². The van der Waals surface area contributed by atoms with Crippen molar-refractivity contribution in [1.29, 1.82) is 0 Å². The highest BCUT2D eigenvalue weighted by molar-refractivity contribution is 9.10. The van der Waals surface area contributed by atoms with Crippen molar-refractivity contribution in [2.45, 2.75) is 30.0 Å². The summed E-state index contributed by atoms with van der Waals surface area (Å²) in [5.41, 5.74) is 8.74. The van der Waals surface area contributed by atoms with Crippen LogP contribution in [0.25, 0.3) is 0 Å². The molecule has 2 rings (SSSR count). The van der Waals surface area contributed by atoms with Gasteiger partial charge >= 0.3 is 0 Å². The molecule has 0 aliphatic rings. The van der Waals surface area contributed by atoms with Crippen molar-refractivity contribution in [3.8, 4) is 0 Å². The molecule has 0 fully saturated rings. The van der Waals surface area contributed by atoms with Crippen molar-refractivity contribution in [1.82, 2.24) is 0 Å². The van der Waals surface area contributed by atoms with Gasteiger partial charge in [0, 0.05) is 20.7 Å². The topological polar surface area (TPSA) is 26.0 Å². The molecule has 19 heavy (non-hydrogen) atoms. The molecule has 0 spiro atoms. The lowest BCUT2D eigenvalue weighted by atomic mass is 10.1. The zero-order chi connectivity index (χ0) is 13.8. The fourth-order valence-electron chi connectivity index (χ4n) is 1.96. The second-order valence-electron chi connectivity index (χ2n) is 4.71. The molecule has 0 saturated heterocycles. The largest absolute Gasteiger partial charge is 0.327 e. The quantitative estimate of drug-likeness (QED) is 0.801. The molecule has 3 heteroatoms. The molecule has 2 unspecified atom stereocenters. The Morgan fingerprint density at radius 2 is 1.68 bits per heavy atom. The average molecular weight is 336 g/mol. The molecule has 0 aromatic heterocycles. The first-order chi connectivity index (χ1) is 9.08. The Morgan fingerprint density at radius 3 is 2.26 bits per heavy atom. The number of hydrogen-bond acceptors (Lipinski definition) is 2. The molecule has 0 saturated carbocycles. The SMILES string of the molecule is Cc1ccccc1SC(c1ccc(Br)cc1)C(C)N. The van der Waals surface area contributed by atoms with Gasteiger partial charge in [-0.3, -0.25) is 0 Å². The Bertz CT molecular complexity index is 537. The molecule has 0 radical (unpaired) electrons. The van der Waals surface area contributed by atoms with E-state index >= 15 is 0 Å². The normalized spacial score (nSPS) is 14.1. The molecule has 2 atom stereocenters. The summed E-state index contributed by atoms with van der Waals surface area (Å²) in [5, 5.41) is 0.272. The summed E-state index contributed by atoms with van der Waals surface area (Å²) < 4.78 is 1.10. The third-order valence-electron chi connectivity index (χ3n) is 3.02. The van der Waals surface area contributed by atoms with E-state index in [0.717, 1.165) is 4.47 Å². The van der Waals surface area contributed by atoms with Crippen molar-refractivity contribution >= 4 is 27.7 Å². The van der Waals surface area contributed by atoms with E-state index in [9.17, 15) is 0 Å². The van der Waals surface area contributed by atoms with Gasteiger partial charge in [-0.2, -0.15) is 0 Å². The molecule has 0 amide bonds. The maximum atomic E-state index is 6.17. The van der Waals surface area contributed by atoms with Crippen molar-refractivity contribution in [3.05, 3.63) is 64.1 Å². The number of rotatable bonds is 4. The van der Waals surface area contributed by atoms with Crippen LogP contribution in [0.15, 0.2) is 57.9 Å². The van der Waals surface area contributed by atoms with Crippen LogP contribution in [0.1, 0.15) is 23.3 Å². The highest BCUT2D eigenvalue weighted by Gasteiger charge is 2.18. The Labute approximate surface area is 127 Å². The molecule has 100 valence electrons. The van der Waals surface area contributed by atoms with Crippen LogP contribution in [-0.4, -0.2) is 6.04 Å². The van der Waals surface area contributed by atoms with Gasteiger partial charge in [0.15, 0.2) is 0 Å². The van der Waals surface area contributed by atoms with E-state index in [0.29, 0.717) is 0 Å². The van der Waals surface area contributed by atoms with Gasteiger partial charge in [0.05, 0.1) is 0 Å². The Kier molecular flexibility index (Phi) is 5.08. The number of nitrogens with two attached hydrogens (primary N) is 1. The van der Waals surface area contributed by atoms with E-state index in [2.05, 4.69) is 78.3 Å². The number of aryl methyl sites for hydroxylation is 1. The first kappa shape index (κ1) is 14.6. The summed E-state index contributed by atoms with van der Waals surface area (Å²) in [5.74, 6) is 0. The van der Waals surface area contributed by atoms with Crippen LogP contribution in [-0.2, 0) is 0 Å². The highest BCUT2D eigenvalue weighted by atomic mass is 79.9. The Balaban J connectivity index is 2.26. The van der Waals surface area contributed by atoms with Crippen molar-refractivity contribution in [3.63, 3.8) is 0 Å². The molecule has 2 aromatic carbocycles. The molecule has 0 aliphatic carbocycles. The fraction of sp³-hybridized carbons (Fsp3) is 0.250. The van der Waals surface area contributed by atoms with Crippen LogP contribution in [0, 0.1) is 6.92 Å². The van der Waals surface area contributed by atoms with E-state index in [1.807, 2.05) is 11.8 Å². The van der Waals surface area contributed by atoms with E-state index in [1.165, 1.54) is 16.0 Å². The minimum absolute atomic E-state index is 0.103. The van der Waals surface area contributed by atoms with Crippen LogP contribution < -0.4 is 5.73 Å². The van der Waals surface area contributed by atoms with E-state index in [4.69, 9.17) is 5.73 Å². The first-order valence-electron chi connectivity index (χ1n) is 6.31. The fourth-order valence-corrected chi connectivity index (χ4v) is 3.41. The summed E-state index contributed by atoms with van der Waals surface area (Å²) in [6.07, 6.45) is 0. The smallest absolute Gasteiger partial charge is 0.0492 e. The van der Waals surface area contributed by atoms with Crippen LogP contribution in [0.2, 0.25) is 0 Å². The summed E-state index contributed by atoms with van der Waals surface area (Å²) in [6.45, 7) is 4.21. The zero-order valence-electron chi connectivity index (χ0n) is 11.1. The maximum Gasteiger partial charge on any atom is 0.0492 e. The predicted octanol–water partition coefficient (Wildman–Crippen LogP) is 4.94. The summed E-state index contributed by atoms with van der Waals surface area (Å²) in [6, 6.07) is 17.0. The molecule has 0 aliphatic heterocycles. The van der Waals surface area contributed by atoms with Gasteiger partial charge in [-0.15, -0.1) is 11.8 Å². The lowest BCUT2D eigenvalue weighted by molar-refractivity contribution is 0.721. The Hall–Kier alpha value is -0.770.